The van der Waals surface area contributed by atoms with Gasteiger partial charge in [0, 0.05) is 18.3 Å². The summed E-state index contributed by atoms with van der Waals surface area (Å²) in [6, 6.07) is 16.2. The molecule has 0 fully saturated rings. The lowest BCUT2D eigenvalue weighted by Crippen LogP contribution is -2.47. The number of nitrogens with zero attached hydrogens (tertiary/aromatic N) is 1. The second-order valence-corrected chi connectivity index (χ2v) is 5.19. The minimum atomic E-state index is -1.53. The fourth-order valence-electron chi connectivity index (χ4n) is 2.58. The molecule has 4 nitrogen and oxygen atoms in total. The molecule has 0 spiro atoms. The van der Waals surface area contributed by atoms with Crippen molar-refractivity contribution in [3.8, 4) is 5.75 Å². The molecule has 0 radical (unpaired) electrons. The molecule has 1 heterocycles. The summed E-state index contributed by atoms with van der Waals surface area (Å²) in [7, 11) is 1.59. The molecule has 1 unspecified atom stereocenters. The van der Waals surface area contributed by atoms with Crippen LogP contribution in [0, 0.1) is 0 Å². The van der Waals surface area contributed by atoms with Crippen molar-refractivity contribution in [3.63, 3.8) is 0 Å². The number of anilines is 1. The van der Waals surface area contributed by atoms with E-state index in [0.29, 0.717) is 11.3 Å². The quantitative estimate of drug-likeness (QED) is 0.947. The Balaban J connectivity index is 1.96. The summed E-state index contributed by atoms with van der Waals surface area (Å²) in [6.45, 7) is 0. The summed E-state index contributed by atoms with van der Waals surface area (Å²) >= 11 is 0. The van der Waals surface area contributed by atoms with E-state index in [0.717, 1.165) is 5.75 Å². The van der Waals surface area contributed by atoms with Crippen molar-refractivity contribution >= 4 is 11.6 Å². The van der Waals surface area contributed by atoms with Crippen molar-refractivity contribution in [2.24, 2.45) is 0 Å². The Kier molecular flexibility index (Phi) is 3.69. The lowest BCUT2D eigenvalue weighted by atomic mass is 9.87. The van der Waals surface area contributed by atoms with Gasteiger partial charge < -0.3 is 9.84 Å². The highest BCUT2D eigenvalue weighted by atomic mass is 16.5. The van der Waals surface area contributed by atoms with E-state index in [4.69, 9.17) is 4.74 Å². The molecule has 0 aliphatic carbocycles. The van der Waals surface area contributed by atoms with Gasteiger partial charge in [-0.3, -0.25) is 9.69 Å². The van der Waals surface area contributed by atoms with Crippen LogP contribution in [0.2, 0.25) is 0 Å². The van der Waals surface area contributed by atoms with Crippen molar-refractivity contribution in [2.45, 2.75) is 12.0 Å². The standard InChI is InChI=1S/C18H17NO3/c1-22-16-10-8-15(9-11-16)19-13-5-12-18(21,17(19)20)14-6-3-2-4-7-14/h2-11,13,21H,12H2,1H3. The zero-order valence-electron chi connectivity index (χ0n) is 12.3. The number of benzene rings is 2. The van der Waals surface area contributed by atoms with Gasteiger partial charge in [0.05, 0.1) is 7.11 Å². The summed E-state index contributed by atoms with van der Waals surface area (Å²) in [6.07, 6.45) is 3.77. The van der Waals surface area contributed by atoms with E-state index < -0.39 is 5.60 Å². The van der Waals surface area contributed by atoms with Gasteiger partial charge in [0.25, 0.3) is 5.91 Å². The largest absolute Gasteiger partial charge is 0.497 e. The molecule has 0 saturated heterocycles. The van der Waals surface area contributed by atoms with Crippen LogP contribution in [0.1, 0.15) is 12.0 Å². The maximum Gasteiger partial charge on any atom is 0.267 e. The van der Waals surface area contributed by atoms with Crippen molar-refractivity contribution in [1.29, 1.82) is 0 Å². The molecule has 1 aliphatic rings. The molecule has 1 atom stereocenters. The third-order valence-corrected chi connectivity index (χ3v) is 3.84. The zero-order chi connectivity index (χ0) is 15.6. The molecule has 4 heteroatoms. The van der Waals surface area contributed by atoms with Crippen molar-refractivity contribution in [1.82, 2.24) is 0 Å². The predicted molar refractivity (Wildman–Crippen MR) is 84.6 cm³/mol. The van der Waals surface area contributed by atoms with Crippen molar-refractivity contribution in [3.05, 3.63) is 72.4 Å². The Morgan fingerprint density at radius 1 is 1.09 bits per heavy atom. The second kappa shape index (κ2) is 5.66. The molecular weight excluding hydrogens is 278 g/mol. The smallest absolute Gasteiger partial charge is 0.267 e. The van der Waals surface area contributed by atoms with Gasteiger partial charge in [-0.2, -0.15) is 0 Å². The van der Waals surface area contributed by atoms with Crippen molar-refractivity contribution < 1.29 is 14.6 Å². The van der Waals surface area contributed by atoms with E-state index in [1.165, 1.54) is 4.90 Å². The van der Waals surface area contributed by atoms with Crippen LogP contribution in [0.15, 0.2) is 66.9 Å². The topological polar surface area (TPSA) is 49.8 Å². The number of amides is 1. The van der Waals surface area contributed by atoms with Crippen LogP contribution >= 0.6 is 0 Å². The highest BCUT2D eigenvalue weighted by molar-refractivity contribution is 6.02. The number of methoxy groups -OCH3 is 1. The molecule has 1 amide bonds. The number of carbonyl (C=O) groups is 1. The summed E-state index contributed by atoms with van der Waals surface area (Å²) in [4.78, 5) is 14.3. The summed E-state index contributed by atoms with van der Waals surface area (Å²) in [5.41, 5.74) is -0.241. The molecule has 3 rings (SSSR count). The van der Waals surface area contributed by atoms with E-state index in [-0.39, 0.29) is 12.3 Å². The Morgan fingerprint density at radius 2 is 1.77 bits per heavy atom. The molecule has 22 heavy (non-hydrogen) atoms. The highest BCUT2D eigenvalue weighted by Gasteiger charge is 2.42. The fraction of sp³-hybridized carbons (Fsp3) is 0.167. The number of hydrogen-bond acceptors (Lipinski definition) is 3. The molecule has 2 aromatic carbocycles. The maximum absolute atomic E-state index is 12.8. The van der Waals surface area contributed by atoms with Gasteiger partial charge in [-0.05, 0) is 29.8 Å². The van der Waals surface area contributed by atoms with Crippen LogP contribution in [0.4, 0.5) is 5.69 Å². The van der Waals surface area contributed by atoms with Crippen LogP contribution in [0.3, 0.4) is 0 Å². The maximum atomic E-state index is 12.8. The normalized spacial score (nSPS) is 21.0. The SMILES string of the molecule is COc1ccc(N2C=CCC(O)(c3ccccc3)C2=O)cc1. The monoisotopic (exact) mass is 295 g/mol. The Labute approximate surface area is 129 Å². The summed E-state index contributed by atoms with van der Waals surface area (Å²) < 4.78 is 5.12. The number of carbonyl (C=O) groups excluding carboxylic acids is 1. The number of ether oxygens (including phenoxy) is 1. The Hall–Kier alpha value is -2.59. The van der Waals surface area contributed by atoms with Crippen LogP contribution < -0.4 is 9.64 Å². The van der Waals surface area contributed by atoms with Gasteiger partial charge in [0.2, 0.25) is 0 Å². The third-order valence-electron chi connectivity index (χ3n) is 3.84. The van der Waals surface area contributed by atoms with Crippen LogP contribution in [0.5, 0.6) is 5.75 Å². The first-order chi connectivity index (χ1) is 10.6. The number of aliphatic hydroxyl groups is 1. The molecule has 2 aromatic rings. The first-order valence-corrected chi connectivity index (χ1v) is 7.07. The molecule has 1 aliphatic heterocycles. The molecule has 0 saturated carbocycles. The predicted octanol–water partition coefficient (Wildman–Crippen LogP) is 2.83. The molecule has 112 valence electrons. The van der Waals surface area contributed by atoms with Gasteiger partial charge in [-0.25, -0.2) is 0 Å². The van der Waals surface area contributed by atoms with Gasteiger partial charge in [0.15, 0.2) is 5.60 Å². The van der Waals surface area contributed by atoms with Gasteiger partial charge in [-0.1, -0.05) is 36.4 Å². The fourth-order valence-corrected chi connectivity index (χ4v) is 2.58. The lowest BCUT2D eigenvalue weighted by Gasteiger charge is -2.34. The number of rotatable bonds is 3. The van der Waals surface area contributed by atoms with E-state index in [1.54, 1.807) is 55.8 Å². The second-order valence-electron chi connectivity index (χ2n) is 5.19. The van der Waals surface area contributed by atoms with Gasteiger partial charge in [-0.15, -0.1) is 0 Å². The summed E-state index contributed by atoms with van der Waals surface area (Å²) in [5.74, 6) is 0.363. The third kappa shape index (κ3) is 2.38. The average Bonchev–Trinajstić information content (AvgIpc) is 2.58. The van der Waals surface area contributed by atoms with E-state index >= 15 is 0 Å². The molecule has 0 bridgehead atoms. The first-order valence-electron chi connectivity index (χ1n) is 7.07. The molecule has 0 aromatic heterocycles. The first kappa shape index (κ1) is 14.4. The zero-order valence-corrected chi connectivity index (χ0v) is 12.3. The number of hydrogen-bond donors (Lipinski definition) is 1. The molecular formula is C18H17NO3. The van der Waals surface area contributed by atoms with Crippen LogP contribution in [0.25, 0.3) is 0 Å². The highest BCUT2D eigenvalue weighted by Crippen LogP contribution is 2.34. The van der Waals surface area contributed by atoms with Crippen molar-refractivity contribution in [2.75, 3.05) is 12.0 Å². The minimum absolute atomic E-state index is 0.266. The van der Waals surface area contributed by atoms with E-state index in [1.807, 2.05) is 18.2 Å². The van der Waals surface area contributed by atoms with Gasteiger partial charge >= 0.3 is 0 Å². The van der Waals surface area contributed by atoms with Gasteiger partial charge in [0.1, 0.15) is 5.75 Å². The van der Waals surface area contributed by atoms with Crippen LogP contribution in [-0.4, -0.2) is 18.1 Å². The lowest BCUT2D eigenvalue weighted by molar-refractivity contribution is -0.137. The minimum Gasteiger partial charge on any atom is -0.497 e. The van der Waals surface area contributed by atoms with E-state index in [2.05, 4.69) is 0 Å². The summed E-state index contributed by atoms with van der Waals surface area (Å²) in [5, 5.41) is 10.9. The Morgan fingerprint density at radius 3 is 2.41 bits per heavy atom. The molecule has 1 N–H and O–H groups in total. The Bertz CT molecular complexity index is 694. The van der Waals surface area contributed by atoms with Crippen LogP contribution in [-0.2, 0) is 10.4 Å². The average molecular weight is 295 g/mol. The van der Waals surface area contributed by atoms with E-state index in [9.17, 15) is 9.90 Å².